The number of hydrogen-bond donors (Lipinski definition) is 2. The van der Waals surface area contributed by atoms with Crippen LogP contribution in [0, 0.1) is 0 Å². The monoisotopic (exact) mass is 178 g/mol. The van der Waals surface area contributed by atoms with E-state index in [4.69, 9.17) is 15.2 Å². The van der Waals surface area contributed by atoms with E-state index < -0.39 is 0 Å². The first-order valence-corrected chi connectivity index (χ1v) is 4.03. The molecule has 0 saturated heterocycles. The van der Waals surface area contributed by atoms with Crippen LogP contribution in [0.25, 0.3) is 0 Å². The molecule has 5 heteroatoms. The molecule has 0 aliphatic heterocycles. The van der Waals surface area contributed by atoms with Crippen molar-refractivity contribution < 1.29 is 14.3 Å². The van der Waals surface area contributed by atoms with Crippen LogP contribution in [0.5, 0.6) is 0 Å². The Labute approximate surface area is 73.1 Å². The average Bonchev–Trinajstić information content (AvgIpc) is 2.10. The van der Waals surface area contributed by atoms with Crippen LogP contribution in [0.4, 0.5) is 0 Å². The first-order chi connectivity index (χ1) is 5.91. The maximum absolute atomic E-state index is 5.22. The molecule has 0 aliphatic rings. The molecule has 0 aromatic rings. The molecule has 0 radical (unpaired) electrons. The SMILES string of the molecule is CONCCOCCOCCN. The summed E-state index contributed by atoms with van der Waals surface area (Å²) in [4.78, 5) is 4.61. The zero-order valence-corrected chi connectivity index (χ0v) is 7.54. The van der Waals surface area contributed by atoms with E-state index >= 15 is 0 Å². The predicted octanol–water partition coefficient (Wildman–Crippen LogP) is -0.871. The highest BCUT2D eigenvalue weighted by Crippen LogP contribution is 1.76. The van der Waals surface area contributed by atoms with Crippen molar-refractivity contribution in [3.63, 3.8) is 0 Å². The molecule has 0 unspecified atom stereocenters. The van der Waals surface area contributed by atoms with Crippen LogP contribution in [0.2, 0.25) is 0 Å². The lowest BCUT2D eigenvalue weighted by Crippen LogP contribution is -2.19. The van der Waals surface area contributed by atoms with Crippen molar-refractivity contribution in [1.82, 2.24) is 5.48 Å². The van der Waals surface area contributed by atoms with Gasteiger partial charge in [-0.25, -0.2) is 5.48 Å². The Morgan fingerprint density at radius 3 is 2.33 bits per heavy atom. The summed E-state index contributed by atoms with van der Waals surface area (Å²) in [6, 6.07) is 0. The van der Waals surface area contributed by atoms with E-state index in [1.165, 1.54) is 0 Å². The van der Waals surface area contributed by atoms with E-state index in [9.17, 15) is 0 Å². The lowest BCUT2D eigenvalue weighted by Gasteiger charge is -2.04. The van der Waals surface area contributed by atoms with Gasteiger partial charge >= 0.3 is 0 Å². The van der Waals surface area contributed by atoms with Gasteiger partial charge in [0.2, 0.25) is 0 Å². The first kappa shape index (κ1) is 11.8. The van der Waals surface area contributed by atoms with Crippen LogP contribution in [0.15, 0.2) is 0 Å². The fraction of sp³-hybridized carbons (Fsp3) is 1.00. The van der Waals surface area contributed by atoms with Crippen molar-refractivity contribution >= 4 is 0 Å². The minimum absolute atomic E-state index is 0.561. The van der Waals surface area contributed by atoms with Gasteiger partial charge in [0.15, 0.2) is 0 Å². The second-order valence-electron chi connectivity index (χ2n) is 2.11. The molecule has 0 fully saturated rings. The molecule has 0 amide bonds. The maximum atomic E-state index is 5.22. The van der Waals surface area contributed by atoms with Gasteiger partial charge < -0.3 is 20.0 Å². The Morgan fingerprint density at radius 2 is 1.75 bits per heavy atom. The van der Waals surface area contributed by atoms with Crippen molar-refractivity contribution in [1.29, 1.82) is 0 Å². The van der Waals surface area contributed by atoms with Crippen LogP contribution in [-0.2, 0) is 14.3 Å². The summed E-state index contributed by atoms with van der Waals surface area (Å²) in [5.74, 6) is 0. The maximum Gasteiger partial charge on any atom is 0.0701 e. The fourth-order valence-corrected chi connectivity index (χ4v) is 0.621. The fourth-order valence-electron chi connectivity index (χ4n) is 0.621. The molecular formula is C7H18N2O3. The molecule has 3 N–H and O–H groups in total. The molecule has 0 bridgehead atoms. The van der Waals surface area contributed by atoms with E-state index in [-0.39, 0.29) is 0 Å². The van der Waals surface area contributed by atoms with Gasteiger partial charge in [-0.1, -0.05) is 0 Å². The van der Waals surface area contributed by atoms with Crippen LogP contribution in [-0.4, -0.2) is 46.6 Å². The van der Waals surface area contributed by atoms with Gasteiger partial charge in [0, 0.05) is 13.1 Å². The Hall–Kier alpha value is -0.200. The van der Waals surface area contributed by atoms with Gasteiger partial charge in [-0.15, -0.1) is 0 Å². The average molecular weight is 178 g/mol. The van der Waals surface area contributed by atoms with Crippen LogP contribution in [0.1, 0.15) is 0 Å². The zero-order valence-electron chi connectivity index (χ0n) is 7.54. The topological polar surface area (TPSA) is 65.7 Å². The number of rotatable bonds is 9. The standard InChI is InChI=1S/C7H18N2O3/c1-10-9-3-5-12-7-6-11-4-2-8/h9H,2-8H2,1H3. The van der Waals surface area contributed by atoms with Crippen LogP contribution >= 0.6 is 0 Å². The van der Waals surface area contributed by atoms with Crippen molar-refractivity contribution in [3.8, 4) is 0 Å². The lowest BCUT2D eigenvalue weighted by molar-refractivity contribution is 0.0276. The summed E-state index contributed by atoms with van der Waals surface area (Å²) < 4.78 is 10.3. The molecule has 0 spiro atoms. The van der Waals surface area contributed by atoms with E-state index in [0.717, 1.165) is 0 Å². The summed E-state index contributed by atoms with van der Waals surface area (Å²) in [6.07, 6.45) is 0. The van der Waals surface area contributed by atoms with Crippen molar-refractivity contribution in [3.05, 3.63) is 0 Å². The summed E-state index contributed by atoms with van der Waals surface area (Å²) in [5, 5.41) is 0. The Balaban J connectivity index is 2.73. The van der Waals surface area contributed by atoms with Crippen molar-refractivity contribution in [2.24, 2.45) is 5.73 Å². The van der Waals surface area contributed by atoms with Crippen molar-refractivity contribution in [2.75, 3.05) is 46.6 Å². The second kappa shape index (κ2) is 10.8. The van der Waals surface area contributed by atoms with E-state index in [1.54, 1.807) is 7.11 Å². The minimum Gasteiger partial charge on any atom is -0.378 e. The van der Waals surface area contributed by atoms with Gasteiger partial charge in [-0.2, -0.15) is 0 Å². The van der Waals surface area contributed by atoms with Crippen LogP contribution in [0.3, 0.4) is 0 Å². The molecule has 5 nitrogen and oxygen atoms in total. The summed E-state index contributed by atoms with van der Waals surface area (Å²) in [6.45, 7) is 3.67. The Morgan fingerprint density at radius 1 is 1.08 bits per heavy atom. The normalized spacial score (nSPS) is 10.5. The second-order valence-corrected chi connectivity index (χ2v) is 2.11. The van der Waals surface area contributed by atoms with E-state index in [0.29, 0.717) is 39.5 Å². The number of hydrogen-bond acceptors (Lipinski definition) is 5. The van der Waals surface area contributed by atoms with Gasteiger partial charge in [-0.3, -0.25) is 0 Å². The zero-order chi connectivity index (χ0) is 9.07. The molecule has 12 heavy (non-hydrogen) atoms. The van der Waals surface area contributed by atoms with Gasteiger partial charge in [0.05, 0.1) is 33.5 Å². The lowest BCUT2D eigenvalue weighted by atomic mass is 10.7. The molecule has 0 aliphatic carbocycles. The number of nitrogens with one attached hydrogen (secondary N) is 1. The highest BCUT2D eigenvalue weighted by molar-refractivity contribution is 4.35. The molecular weight excluding hydrogens is 160 g/mol. The highest BCUT2D eigenvalue weighted by atomic mass is 16.6. The molecule has 74 valence electrons. The Bertz CT molecular complexity index is 73.1. The third-order valence-electron chi connectivity index (χ3n) is 1.13. The van der Waals surface area contributed by atoms with Gasteiger partial charge in [0.1, 0.15) is 0 Å². The van der Waals surface area contributed by atoms with E-state index in [2.05, 4.69) is 10.3 Å². The van der Waals surface area contributed by atoms with Crippen LogP contribution < -0.4 is 11.2 Å². The quantitative estimate of drug-likeness (QED) is 0.355. The molecule has 0 aromatic carbocycles. The molecule has 0 rings (SSSR count). The summed E-state index contributed by atoms with van der Waals surface area (Å²) in [5.41, 5.74) is 7.88. The van der Waals surface area contributed by atoms with Gasteiger partial charge in [-0.05, 0) is 0 Å². The third-order valence-corrected chi connectivity index (χ3v) is 1.13. The first-order valence-electron chi connectivity index (χ1n) is 4.03. The number of hydroxylamine groups is 1. The number of ether oxygens (including phenoxy) is 2. The van der Waals surface area contributed by atoms with E-state index in [1.807, 2.05) is 0 Å². The molecule has 0 saturated carbocycles. The minimum atomic E-state index is 0.561. The van der Waals surface area contributed by atoms with Gasteiger partial charge in [0.25, 0.3) is 0 Å². The Kier molecular flexibility index (Phi) is 10.6. The summed E-state index contributed by atoms with van der Waals surface area (Å²) >= 11 is 0. The largest absolute Gasteiger partial charge is 0.378 e. The predicted molar refractivity (Wildman–Crippen MR) is 45.7 cm³/mol. The smallest absolute Gasteiger partial charge is 0.0701 e. The molecule has 0 atom stereocenters. The van der Waals surface area contributed by atoms with Crippen molar-refractivity contribution in [2.45, 2.75) is 0 Å². The molecule has 0 aromatic heterocycles. The highest BCUT2D eigenvalue weighted by Gasteiger charge is 1.88. The summed E-state index contributed by atoms with van der Waals surface area (Å²) in [7, 11) is 1.57. The molecule has 0 heterocycles. The number of nitrogens with two attached hydrogens (primary N) is 1. The third kappa shape index (κ3) is 9.80.